The van der Waals surface area contributed by atoms with Crippen molar-refractivity contribution >= 4 is 50.3 Å². The fourth-order valence-electron chi connectivity index (χ4n) is 5.64. The number of ether oxygens (including phenoxy) is 1. The zero-order chi connectivity index (χ0) is 31.6. The van der Waals surface area contributed by atoms with Crippen molar-refractivity contribution in [3.63, 3.8) is 0 Å². The lowest BCUT2D eigenvalue weighted by Crippen LogP contribution is -2.49. The van der Waals surface area contributed by atoms with E-state index in [1.54, 1.807) is 47.6 Å². The van der Waals surface area contributed by atoms with E-state index in [2.05, 4.69) is 25.6 Å². The summed E-state index contributed by atoms with van der Waals surface area (Å²) in [7, 11) is 0. The molecule has 232 valence electrons. The molecular weight excluding hydrogens is 609 g/mol. The van der Waals surface area contributed by atoms with Crippen LogP contribution in [0, 0.1) is 5.82 Å². The molecule has 1 fully saturated rings. The first-order chi connectivity index (χ1) is 22.5. The van der Waals surface area contributed by atoms with Gasteiger partial charge in [0, 0.05) is 40.0 Å². The number of thiophene rings is 1. The predicted octanol–water partition coefficient (Wildman–Crippen LogP) is 4.78. The van der Waals surface area contributed by atoms with E-state index >= 15 is 4.39 Å². The molecule has 5 heterocycles. The van der Waals surface area contributed by atoms with Crippen LogP contribution < -0.4 is 10.2 Å². The van der Waals surface area contributed by atoms with Crippen molar-refractivity contribution in [1.82, 2.24) is 30.3 Å². The van der Waals surface area contributed by atoms with Gasteiger partial charge in [0.25, 0.3) is 5.91 Å². The molecule has 7 rings (SSSR count). The molecule has 1 aliphatic heterocycles. The van der Waals surface area contributed by atoms with E-state index in [-0.39, 0.29) is 24.8 Å². The molecule has 0 bridgehead atoms. The number of benzene rings is 2. The third kappa shape index (κ3) is 5.60. The molecule has 0 spiro atoms. The zero-order valence-corrected chi connectivity index (χ0v) is 25.3. The first kappa shape index (κ1) is 29.6. The minimum Gasteiger partial charge on any atom is -0.460 e. The summed E-state index contributed by atoms with van der Waals surface area (Å²) in [6.07, 6.45) is 4.87. The third-order valence-corrected chi connectivity index (χ3v) is 9.02. The highest BCUT2D eigenvalue weighted by Crippen LogP contribution is 2.39. The third-order valence-electron chi connectivity index (χ3n) is 7.87. The van der Waals surface area contributed by atoms with Gasteiger partial charge in [-0.15, -0.1) is 16.4 Å². The fourth-order valence-corrected chi connectivity index (χ4v) is 6.70. The summed E-state index contributed by atoms with van der Waals surface area (Å²) in [5.74, 6) is -1.23. The van der Waals surface area contributed by atoms with E-state index < -0.39 is 17.7 Å². The van der Waals surface area contributed by atoms with E-state index in [9.17, 15) is 9.59 Å². The van der Waals surface area contributed by atoms with Crippen LogP contribution in [-0.2, 0) is 4.74 Å². The molecule has 0 radical (unpaired) electrons. The number of halogens is 1. The number of aliphatic hydroxyl groups excluding tert-OH is 1. The van der Waals surface area contributed by atoms with Crippen LogP contribution in [0.3, 0.4) is 0 Å². The van der Waals surface area contributed by atoms with Gasteiger partial charge in [-0.05, 0) is 73.5 Å². The maximum atomic E-state index is 15.8. The van der Waals surface area contributed by atoms with Crippen LogP contribution in [0.15, 0.2) is 79.1 Å². The molecule has 13 heteroatoms. The van der Waals surface area contributed by atoms with Crippen molar-refractivity contribution in [3.05, 3.63) is 96.1 Å². The molecule has 2 aromatic carbocycles. The quantitative estimate of drug-likeness (QED) is 0.226. The van der Waals surface area contributed by atoms with Gasteiger partial charge in [-0.2, -0.15) is 4.68 Å². The van der Waals surface area contributed by atoms with Crippen LogP contribution in [0.25, 0.3) is 37.4 Å². The Labute approximate surface area is 266 Å². The summed E-state index contributed by atoms with van der Waals surface area (Å²) in [6.45, 7) is 1.08. The normalized spacial score (nSPS) is 14.9. The number of aliphatic hydroxyl groups is 1. The molecule has 0 unspecified atom stereocenters. The van der Waals surface area contributed by atoms with Crippen LogP contribution in [-0.4, -0.2) is 74.3 Å². The van der Waals surface area contributed by atoms with E-state index in [0.29, 0.717) is 34.8 Å². The highest BCUT2D eigenvalue weighted by molar-refractivity contribution is 7.22. The SMILES string of the molecule is O=C(OCCO)c1ccc(-c2cc3c(N(C(=O)c4ccc(-n5nnc6cccnc65)cc4F)[C@@H]4CCCNC4)nccc3s2)cc1. The van der Waals surface area contributed by atoms with Crippen molar-refractivity contribution in [3.8, 4) is 16.1 Å². The highest BCUT2D eigenvalue weighted by Gasteiger charge is 2.32. The summed E-state index contributed by atoms with van der Waals surface area (Å²) in [5.41, 5.74) is 2.63. The van der Waals surface area contributed by atoms with Crippen LogP contribution in [0.5, 0.6) is 0 Å². The Morgan fingerprint density at radius 2 is 1.96 bits per heavy atom. The maximum Gasteiger partial charge on any atom is 0.338 e. The van der Waals surface area contributed by atoms with Crippen molar-refractivity contribution < 1.29 is 23.8 Å². The van der Waals surface area contributed by atoms with Gasteiger partial charge in [-0.3, -0.25) is 9.69 Å². The first-order valence-corrected chi connectivity index (χ1v) is 15.6. The molecule has 0 saturated carbocycles. The van der Waals surface area contributed by atoms with Gasteiger partial charge in [-0.1, -0.05) is 17.3 Å². The molecule has 1 saturated heterocycles. The second-order valence-electron chi connectivity index (χ2n) is 10.8. The molecule has 4 aromatic heterocycles. The summed E-state index contributed by atoms with van der Waals surface area (Å²) in [5, 5.41) is 21.3. The number of anilines is 1. The lowest BCUT2D eigenvalue weighted by molar-refractivity contribution is 0.0433. The Balaban J connectivity index is 1.24. The van der Waals surface area contributed by atoms with Gasteiger partial charge in [0.15, 0.2) is 5.65 Å². The van der Waals surface area contributed by atoms with Gasteiger partial charge >= 0.3 is 5.97 Å². The Kier molecular flexibility index (Phi) is 8.18. The predicted molar refractivity (Wildman–Crippen MR) is 172 cm³/mol. The molecule has 2 N–H and O–H groups in total. The minimum atomic E-state index is -0.688. The largest absolute Gasteiger partial charge is 0.460 e. The Morgan fingerprint density at radius 3 is 2.74 bits per heavy atom. The number of esters is 1. The van der Waals surface area contributed by atoms with Crippen molar-refractivity contribution in [1.29, 1.82) is 0 Å². The molecule has 0 aliphatic carbocycles. The number of nitrogens with one attached hydrogen (secondary N) is 1. The van der Waals surface area contributed by atoms with E-state index in [4.69, 9.17) is 9.84 Å². The van der Waals surface area contributed by atoms with Gasteiger partial charge in [-0.25, -0.2) is 19.2 Å². The fraction of sp³-hybridized carbons (Fsp3) is 0.212. The van der Waals surface area contributed by atoms with E-state index in [1.165, 1.54) is 28.2 Å². The molecule has 1 atom stereocenters. The number of carbonyl (C=O) groups excluding carboxylic acids is 2. The minimum absolute atomic E-state index is 0.0665. The number of aromatic nitrogens is 5. The summed E-state index contributed by atoms with van der Waals surface area (Å²) in [6, 6.07) is 18.5. The monoisotopic (exact) mass is 637 g/mol. The number of carbonyl (C=O) groups is 2. The van der Waals surface area contributed by atoms with Crippen LogP contribution >= 0.6 is 11.3 Å². The Bertz CT molecular complexity index is 2060. The van der Waals surface area contributed by atoms with Gasteiger partial charge in [0.1, 0.15) is 23.8 Å². The van der Waals surface area contributed by atoms with E-state index in [0.717, 1.165) is 39.9 Å². The van der Waals surface area contributed by atoms with E-state index in [1.807, 2.05) is 24.3 Å². The molecule has 1 aliphatic rings. The van der Waals surface area contributed by atoms with Crippen molar-refractivity contribution in [2.75, 3.05) is 31.2 Å². The number of amides is 1. The number of hydrogen-bond acceptors (Lipinski definition) is 10. The lowest BCUT2D eigenvalue weighted by atomic mass is 10.0. The number of hydrogen-bond donors (Lipinski definition) is 2. The number of rotatable bonds is 8. The second-order valence-corrected chi connectivity index (χ2v) is 11.9. The highest BCUT2D eigenvalue weighted by atomic mass is 32.1. The van der Waals surface area contributed by atoms with Crippen LogP contribution in [0.1, 0.15) is 33.6 Å². The smallest absolute Gasteiger partial charge is 0.338 e. The van der Waals surface area contributed by atoms with Crippen LogP contribution in [0.4, 0.5) is 10.2 Å². The van der Waals surface area contributed by atoms with Crippen molar-refractivity contribution in [2.24, 2.45) is 0 Å². The Hall–Kier alpha value is -5.11. The number of nitrogens with zero attached hydrogens (tertiary/aromatic N) is 6. The van der Waals surface area contributed by atoms with Crippen LogP contribution in [0.2, 0.25) is 0 Å². The Morgan fingerprint density at radius 1 is 1.09 bits per heavy atom. The average molecular weight is 638 g/mol. The number of fused-ring (bicyclic) bond motifs is 2. The topological polar surface area (TPSA) is 135 Å². The molecule has 46 heavy (non-hydrogen) atoms. The average Bonchev–Trinajstić information content (AvgIpc) is 3.73. The van der Waals surface area contributed by atoms with Gasteiger partial charge in [0.2, 0.25) is 0 Å². The standard InChI is InChI=1S/C33H28FN7O4S/c34-26-17-22(41-31-27(38-39-41)4-2-13-36-31)9-10-24(26)32(43)40(23-3-1-12-35-19-23)30-25-18-29(46-28(25)11-14-37-30)20-5-7-21(8-6-20)33(44)45-16-15-42/h2,4-11,13-14,17-18,23,35,42H,1,3,12,15-16,19H2/t23-/m1/s1. The van der Waals surface area contributed by atoms with Crippen molar-refractivity contribution in [2.45, 2.75) is 18.9 Å². The first-order valence-electron chi connectivity index (χ1n) is 14.8. The summed E-state index contributed by atoms with van der Waals surface area (Å²) >= 11 is 1.53. The molecular formula is C33H28FN7O4S. The second kappa shape index (κ2) is 12.7. The van der Waals surface area contributed by atoms with Gasteiger partial charge in [0.05, 0.1) is 29.5 Å². The number of pyridine rings is 2. The zero-order valence-electron chi connectivity index (χ0n) is 24.5. The molecule has 6 aromatic rings. The number of piperidine rings is 1. The molecule has 1 amide bonds. The van der Waals surface area contributed by atoms with Gasteiger partial charge < -0.3 is 15.2 Å². The lowest BCUT2D eigenvalue weighted by Gasteiger charge is -2.34. The summed E-state index contributed by atoms with van der Waals surface area (Å²) in [4.78, 5) is 38.0. The summed E-state index contributed by atoms with van der Waals surface area (Å²) < 4.78 is 23.2. The maximum absolute atomic E-state index is 15.8. The molecule has 11 nitrogen and oxygen atoms in total.